The van der Waals surface area contributed by atoms with Gasteiger partial charge in [0, 0.05) is 21.8 Å². The van der Waals surface area contributed by atoms with Gasteiger partial charge in [0.2, 0.25) is 6.20 Å². The molecule has 0 atom stereocenters. The molecule has 0 saturated carbocycles. The van der Waals surface area contributed by atoms with Gasteiger partial charge in [-0.3, -0.25) is 0 Å². The standard InChI is InChI=1S/C17H10ClN3O/c18-13-7-5-12(6-8-13)15-16-14-4-2-1-3-11(14)9-10-21(16)20-17(22)19-15/h1-10H. The van der Waals surface area contributed by atoms with Crippen molar-refractivity contribution in [2.45, 2.75) is 0 Å². The molecule has 2 heterocycles. The van der Waals surface area contributed by atoms with E-state index in [2.05, 4.69) is 10.1 Å². The molecule has 0 aliphatic rings. The summed E-state index contributed by atoms with van der Waals surface area (Å²) in [5, 5.41) is 18.5. The zero-order chi connectivity index (χ0) is 15.1. The lowest BCUT2D eigenvalue weighted by Crippen LogP contribution is -2.29. The molecule has 0 amide bonds. The van der Waals surface area contributed by atoms with Crippen LogP contribution in [0.25, 0.3) is 27.5 Å². The van der Waals surface area contributed by atoms with Crippen LogP contribution in [-0.2, 0) is 0 Å². The Kier molecular flexibility index (Phi) is 2.91. The molecule has 0 N–H and O–H groups in total. The molecule has 4 aromatic rings. The van der Waals surface area contributed by atoms with Crippen LogP contribution in [0.15, 0.2) is 60.8 Å². The first-order valence-corrected chi connectivity index (χ1v) is 7.14. The van der Waals surface area contributed by atoms with Crippen LogP contribution in [0.4, 0.5) is 0 Å². The Morgan fingerprint density at radius 2 is 1.73 bits per heavy atom. The van der Waals surface area contributed by atoms with Crippen molar-refractivity contribution in [2.24, 2.45) is 0 Å². The average molecular weight is 308 g/mol. The third kappa shape index (κ3) is 2.05. The molecule has 22 heavy (non-hydrogen) atoms. The lowest BCUT2D eigenvalue weighted by molar-refractivity contribution is -0.588. The van der Waals surface area contributed by atoms with E-state index in [-0.39, 0.29) is 0 Å². The number of fused-ring (bicyclic) bond motifs is 3. The van der Waals surface area contributed by atoms with Gasteiger partial charge in [0.25, 0.3) is 5.52 Å². The molecule has 0 radical (unpaired) electrons. The van der Waals surface area contributed by atoms with Gasteiger partial charge in [-0.05, 0) is 28.1 Å². The molecule has 0 saturated heterocycles. The fraction of sp³-hybridized carbons (Fsp3) is 0. The third-order valence-corrected chi connectivity index (χ3v) is 3.83. The maximum atomic E-state index is 11.8. The number of nitrogens with zero attached hydrogens (tertiary/aromatic N) is 3. The topological polar surface area (TPSA) is 52.9 Å². The maximum Gasteiger partial charge on any atom is 0.271 e. The van der Waals surface area contributed by atoms with E-state index in [9.17, 15) is 5.11 Å². The second-order valence-electron chi connectivity index (χ2n) is 4.95. The van der Waals surface area contributed by atoms with Gasteiger partial charge in [-0.2, -0.15) is 0 Å². The van der Waals surface area contributed by atoms with Crippen molar-refractivity contribution < 1.29 is 9.62 Å². The molecular formula is C17H10ClN3O. The molecule has 0 fully saturated rings. The second-order valence-corrected chi connectivity index (χ2v) is 5.38. The molecule has 0 aliphatic carbocycles. The highest BCUT2D eigenvalue weighted by Crippen LogP contribution is 2.27. The minimum Gasteiger partial charge on any atom is -0.840 e. The number of hydrogen-bond donors (Lipinski definition) is 0. The molecule has 0 aliphatic heterocycles. The van der Waals surface area contributed by atoms with Crippen LogP contribution >= 0.6 is 11.6 Å². The summed E-state index contributed by atoms with van der Waals surface area (Å²) in [6.45, 7) is 0. The highest BCUT2D eigenvalue weighted by Gasteiger charge is 2.17. The monoisotopic (exact) mass is 307 g/mol. The van der Waals surface area contributed by atoms with Crippen molar-refractivity contribution in [1.82, 2.24) is 10.1 Å². The highest BCUT2D eigenvalue weighted by molar-refractivity contribution is 6.30. The molecule has 0 unspecified atom stereocenters. The maximum absolute atomic E-state index is 11.8. The smallest absolute Gasteiger partial charge is 0.271 e. The summed E-state index contributed by atoms with van der Waals surface area (Å²) in [7, 11) is 0. The van der Waals surface area contributed by atoms with Gasteiger partial charge in [0.15, 0.2) is 6.01 Å². The molecule has 2 aromatic carbocycles. The Morgan fingerprint density at radius 1 is 0.955 bits per heavy atom. The summed E-state index contributed by atoms with van der Waals surface area (Å²) in [5.74, 6) is 0. The van der Waals surface area contributed by atoms with Crippen molar-refractivity contribution in [1.29, 1.82) is 0 Å². The largest absolute Gasteiger partial charge is 0.840 e. The van der Waals surface area contributed by atoms with Gasteiger partial charge >= 0.3 is 0 Å². The first-order chi connectivity index (χ1) is 10.7. The molecular weight excluding hydrogens is 298 g/mol. The lowest BCUT2D eigenvalue weighted by atomic mass is 10.1. The molecule has 5 heteroatoms. The molecule has 4 nitrogen and oxygen atoms in total. The van der Waals surface area contributed by atoms with Gasteiger partial charge in [0.1, 0.15) is 5.69 Å². The Bertz CT molecular complexity index is 1000. The minimum absolute atomic E-state index is 0.516. The highest BCUT2D eigenvalue weighted by atomic mass is 35.5. The first-order valence-electron chi connectivity index (χ1n) is 6.77. The third-order valence-electron chi connectivity index (χ3n) is 3.58. The average Bonchev–Trinajstić information content (AvgIpc) is 2.54. The van der Waals surface area contributed by atoms with Crippen LogP contribution in [0.5, 0.6) is 6.01 Å². The summed E-state index contributed by atoms with van der Waals surface area (Å²) in [6.07, 6.45) is 1.78. The zero-order valence-corrected chi connectivity index (χ0v) is 12.2. The summed E-state index contributed by atoms with van der Waals surface area (Å²) in [4.78, 5) is 4.12. The van der Waals surface area contributed by atoms with E-state index >= 15 is 0 Å². The number of hydrogen-bond acceptors (Lipinski definition) is 3. The fourth-order valence-electron chi connectivity index (χ4n) is 2.60. The van der Waals surface area contributed by atoms with E-state index in [4.69, 9.17) is 11.6 Å². The van der Waals surface area contributed by atoms with E-state index in [1.807, 2.05) is 42.5 Å². The molecule has 4 rings (SSSR count). The summed E-state index contributed by atoms with van der Waals surface area (Å²) < 4.78 is 1.58. The molecule has 0 bridgehead atoms. The van der Waals surface area contributed by atoms with Gasteiger partial charge in [-0.25, -0.2) is 4.98 Å². The van der Waals surface area contributed by atoms with Gasteiger partial charge in [0.05, 0.1) is 5.39 Å². The SMILES string of the molecule is [O-]c1nc(-c2ccc(Cl)cc2)c2c3ccccc3cc[n+]2n1. The number of rotatable bonds is 1. The van der Waals surface area contributed by atoms with Crippen LogP contribution in [0.2, 0.25) is 5.02 Å². The van der Waals surface area contributed by atoms with E-state index in [1.165, 1.54) is 0 Å². The van der Waals surface area contributed by atoms with Gasteiger partial charge < -0.3 is 5.11 Å². The van der Waals surface area contributed by atoms with Crippen LogP contribution in [0.1, 0.15) is 0 Å². The molecule has 2 aromatic heterocycles. The van der Waals surface area contributed by atoms with Crippen molar-refractivity contribution in [3.63, 3.8) is 0 Å². The van der Waals surface area contributed by atoms with Crippen molar-refractivity contribution in [3.8, 4) is 17.3 Å². The van der Waals surface area contributed by atoms with Crippen molar-refractivity contribution >= 4 is 27.9 Å². The van der Waals surface area contributed by atoms with Crippen LogP contribution in [0.3, 0.4) is 0 Å². The van der Waals surface area contributed by atoms with E-state index < -0.39 is 6.01 Å². The Hall–Kier alpha value is -2.72. The molecule has 0 spiro atoms. The van der Waals surface area contributed by atoms with Gasteiger partial charge in [-0.15, -0.1) is 0 Å². The Labute approximate surface area is 131 Å². The quantitative estimate of drug-likeness (QED) is 0.401. The molecule has 106 valence electrons. The summed E-state index contributed by atoms with van der Waals surface area (Å²) in [5.41, 5.74) is 2.24. The fourth-order valence-corrected chi connectivity index (χ4v) is 2.72. The summed E-state index contributed by atoms with van der Waals surface area (Å²) in [6, 6.07) is 16.6. The number of halogens is 1. The lowest BCUT2D eigenvalue weighted by Gasteiger charge is -2.07. The predicted molar refractivity (Wildman–Crippen MR) is 82.6 cm³/mol. The number of pyridine rings is 1. The second kappa shape index (κ2) is 4.93. The van der Waals surface area contributed by atoms with Crippen molar-refractivity contribution in [3.05, 3.63) is 65.8 Å². The van der Waals surface area contributed by atoms with E-state index in [1.54, 1.807) is 22.8 Å². The van der Waals surface area contributed by atoms with Gasteiger partial charge in [-0.1, -0.05) is 41.9 Å². The van der Waals surface area contributed by atoms with Crippen LogP contribution in [-0.4, -0.2) is 10.1 Å². The van der Waals surface area contributed by atoms with Crippen LogP contribution in [0, 0.1) is 0 Å². The first kappa shape index (κ1) is 13.0. The Morgan fingerprint density at radius 3 is 2.55 bits per heavy atom. The van der Waals surface area contributed by atoms with E-state index in [0.29, 0.717) is 10.7 Å². The predicted octanol–water partition coefficient (Wildman–Crippen LogP) is 2.76. The van der Waals surface area contributed by atoms with Crippen molar-refractivity contribution in [2.75, 3.05) is 0 Å². The minimum atomic E-state index is -0.516. The van der Waals surface area contributed by atoms with Crippen LogP contribution < -0.4 is 9.62 Å². The summed E-state index contributed by atoms with van der Waals surface area (Å²) >= 11 is 5.94. The zero-order valence-electron chi connectivity index (χ0n) is 11.4. The number of benzene rings is 2. The normalized spacial score (nSPS) is 11.1. The number of aromatic nitrogens is 3. The van der Waals surface area contributed by atoms with E-state index in [0.717, 1.165) is 21.9 Å². The Balaban J connectivity index is 2.16.